The third-order valence-electron chi connectivity index (χ3n) is 1.43. The predicted molar refractivity (Wildman–Crippen MR) is 52.5 cm³/mol. The summed E-state index contributed by atoms with van der Waals surface area (Å²) in [5, 5.41) is 0. The molecule has 4 heteroatoms. The topological polar surface area (TPSA) is 46.5 Å². The molecule has 0 spiro atoms. The van der Waals surface area contributed by atoms with Crippen LogP contribution >= 0.6 is 0 Å². The van der Waals surface area contributed by atoms with Gasteiger partial charge in [0, 0.05) is 5.56 Å². The monoisotopic (exact) mass is 198 g/mol. The van der Waals surface area contributed by atoms with E-state index in [-0.39, 0.29) is 0 Å². The Morgan fingerprint density at radius 2 is 2.15 bits per heavy atom. The third-order valence-corrected chi connectivity index (χ3v) is 1.75. The molecule has 1 rings (SSSR count). The molecule has 0 aromatic heterocycles. The minimum absolute atomic E-state index is 0.404. The summed E-state index contributed by atoms with van der Waals surface area (Å²) < 4.78 is 23.6. The van der Waals surface area contributed by atoms with Crippen molar-refractivity contribution in [2.24, 2.45) is 0 Å². The summed E-state index contributed by atoms with van der Waals surface area (Å²) in [4.78, 5) is 0. The normalized spacial score (nSPS) is 13.1. The molecule has 0 bridgehead atoms. The lowest BCUT2D eigenvalue weighted by Crippen LogP contribution is -1.98. The van der Waals surface area contributed by atoms with E-state index >= 15 is 0 Å². The number of hydrogen-bond acceptors (Lipinski definition) is 2. The van der Waals surface area contributed by atoms with Crippen LogP contribution in [0.15, 0.2) is 30.3 Å². The third kappa shape index (κ3) is 3.01. The second-order valence-electron chi connectivity index (χ2n) is 2.34. The lowest BCUT2D eigenvalue weighted by molar-refractivity contribution is 0.457. The molecule has 0 heterocycles. The average Bonchev–Trinajstić information content (AvgIpc) is 2.08. The van der Waals surface area contributed by atoms with Crippen LogP contribution in [-0.2, 0) is 11.4 Å². The largest absolute Gasteiger partial charge is 0.379 e. The fraction of sp³-hybridized carbons (Fsp3) is 0.111. The standard InChI is InChI=1S/C9H10O3S/c1-2-5-8-6-3-4-7-9(8)12-13(10)11/h2-7H,1H3,(H,10,11). The number of benzene rings is 1. The van der Waals surface area contributed by atoms with Crippen LogP contribution in [0.3, 0.4) is 0 Å². The van der Waals surface area contributed by atoms with Gasteiger partial charge < -0.3 is 4.18 Å². The van der Waals surface area contributed by atoms with Gasteiger partial charge in [-0.05, 0) is 13.0 Å². The molecule has 13 heavy (non-hydrogen) atoms. The van der Waals surface area contributed by atoms with Crippen LogP contribution < -0.4 is 4.18 Å². The van der Waals surface area contributed by atoms with Crippen molar-refractivity contribution in [2.45, 2.75) is 6.92 Å². The van der Waals surface area contributed by atoms with Gasteiger partial charge in [0.05, 0.1) is 0 Å². The minimum Gasteiger partial charge on any atom is -0.379 e. The summed E-state index contributed by atoms with van der Waals surface area (Å²) in [6.07, 6.45) is 3.64. The Hall–Kier alpha value is -1.13. The predicted octanol–water partition coefficient (Wildman–Crippen LogP) is 2.24. The van der Waals surface area contributed by atoms with E-state index in [1.807, 2.05) is 31.2 Å². The quantitative estimate of drug-likeness (QED) is 0.757. The summed E-state index contributed by atoms with van der Waals surface area (Å²) in [5.41, 5.74) is 0.785. The van der Waals surface area contributed by atoms with Crippen molar-refractivity contribution in [1.29, 1.82) is 0 Å². The summed E-state index contributed by atoms with van der Waals surface area (Å²) in [5.74, 6) is 0.404. The van der Waals surface area contributed by atoms with Crippen molar-refractivity contribution in [1.82, 2.24) is 0 Å². The van der Waals surface area contributed by atoms with Gasteiger partial charge >= 0.3 is 11.4 Å². The number of para-hydroxylation sites is 1. The zero-order valence-corrected chi connectivity index (χ0v) is 7.95. The van der Waals surface area contributed by atoms with Gasteiger partial charge in [-0.3, -0.25) is 4.55 Å². The first kappa shape index (κ1) is 9.95. The molecule has 1 N–H and O–H groups in total. The molecular formula is C9H10O3S. The summed E-state index contributed by atoms with van der Waals surface area (Å²) >= 11 is -2.26. The van der Waals surface area contributed by atoms with Crippen molar-refractivity contribution in [3.8, 4) is 5.75 Å². The molecule has 1 unspecified atom stereocenters. The van der Waals surface area contributed by atoms with E-state index in [1.54, 1.807) is 12.1 Å². The van der Waals surface area contributed by atoms with E-state index in [9.17, 15) is 4.21 Å². The molecule has 0 saturated heterocycles. The van der Waals surface area contributed by atoms with Gasteiger partial charge in [-0.15, -0.1) is 0 Å². The zero-order chi connectivity index (χ0) is 9.68. The van der Waals surface area contributed by atoms with Crippen LogP contribution in [-0.4, -0.2) is 8.76 Å². The van der Waals surface area contributed by atoms with Crippen molar-refractivity contribution in [3.05, 3.63) is 35.9 Å². The van der Waals surface area contributed by atoms with E-state index < -0.39 is 11.4 Å². The highest BCUT2D eigenvalue weighted by Crippen LogP contribution is 2.19. The maximum atomic E-state index is 10.4. The summed E-state index contributed by atoms with van der Waals surface area (Å²) in [6.45, 7) is 1.87. The smallest absolute Gasteiger partial charge is 0.357 e. The molecule has 0 amide bonds. The Morgan fingerprint density at radius 3 is 2.77 bits per heavy atom. The Balaban J connectivity index is 2.97. The van der Waals surface area contributed by atoms with Crippen LogP contribution in [0.1, 0.15) is 12.5 Å². The lowest BCUT2D eigenvalue weighted by atomic mass is 10.2. The molecule has 0 fully saturated rings. The fourth-order valence-corrected chi connectivity index (χ4v) is 1.26. The molecule has 0 aliphatic rings. The Kier molecular flexibility index (Phi) is 3.67. The first-order valence-electron chi connectivity index (χ1n) is 3.75. The van der Waals surface area contributed by atoms with Gasteiger partial charge in [0.25, 0.3) is 0 Å². The second kappa shape index (κ2) is 4.79. The molecular weight excluding hydrogens is 188 g/mol. The van der Waals surface area contributed by atoms with Crippen molar-refractivity contribution >= 4 is 17.4 Å². The number of allylic oxidation sites excluding steroid dienone is 1. The average molecular weight is 198 g/mol. The Morgan fingerprint density at radius 1 is 1.46 bits per heavy atom. The maximum Gasteiger partial charge on any atom is 0.357 e. The number of rotatable bonds is 3. The molecule has 0 radical (unpaired) electrons. The highest BCUT2D eigenvalue weighted by molar-refractivity contribution is 7.74. The van der Waals surface area contributed by atoms with Gasteiger partial charge in [0.15, 0.2) is 0 Å². The van der Waals surface area contributed by atoms with Crippen LogP contribution in [0.4, 0.5) is 0 Å². The fourth-order valence-electron chi connectivity index (χ4n) is 0.950. The molecule has 0 aliphatic carbocycles. The molecule has 70 valence electrons. The van der Waals surface area contributed by atoms with Gasteiger partial charge in [-0.25, -0.2) is 0 Å². The van der Waals surface area contributed by atoms with Crippen LogP contribution in [0.25, 0.3) is 6.08 Å². The van der Waals surface area contributed by atoms with Crippen LogP contribution in [0, 0.1) is 0 Å². The summed E-state index contributed by atoms with van der Waals surface area (Å²) in [7, 11) is 0. The highest BCUT2D eigenvalue weighted by Gasteiger charge is 2.01. The van der Waals surface area contributed by atoms with Gasteiger partial charge in [-0.2, -0.15) is 4.21 Å². The molecule has 0 saturated carbocycles. The van der Waals surface area contributed by atoms with Gasteiger partial charge in [0.2, 0.25) is 0 Å². The molecule has 1 atom stereocenters. The minimum atomic E-state index is -2.26. The highest BCUT2D eigenvalue weighted by atomic mass is 32.2. The van der Waals surface area contributed by atoms with Crippen molar-refractivity contribution < 1.29 is 12.9 Å². The van der Waals surface area contributed by atoms with Crippen LogP contribution in [0.5, 0.6) is 5.75 Å². The first-order chi connectivity index (χ1) is 6.24. The van der Waals surface area contributed by atoms with E-state index in [0.29, 0.717) is 5.75 Å². The van der Waals surface area contributed by atoms with E-state index in [1.165, 1.54) is 0 Å². The molecule has 0 aliphatic heterocycles. The number of hydrogen-bond donors (Lipinski definition) is 1. The van der Waals surface area contributed by atoms with Gasteiger partial charge in [0.1, 0.15) is 5.75 Å². The van der Waals surface area contributed by atoms with E-state index in [0.717, 1.165) is 5.56 Å². The molecule has 3 nitrogen and oxygen atoms in total. The summed E-state index contributed by atoms with van der Waals surface area (Å²) in [6, 6.07) is 7.03. The van der Waals surface area contributed by atoms with Gasteiger partial charge in [-0.1, -0.05) is 30.4 Å². The second-order valence-corrected chi connectivity index (χ2v) is 2.94. The van der Waals surface area contributed by atoms with E-state index in [2.05, 4.69) is 4.18 Å². The Labute approximate surface area is 79.5 Å². The van der Waals surface area contributed by atoms with E-state index in [4.69, 9.17) is 4.55 Å². The molecule has 1 aromatic rings. The Bertz CT molecular complexity index is 333. The SMILES string of the molecule is CC=Cc1ccccc1OS(=O)O. The van der Waals surface area contributed by atoms with Crippen LogP contribution in [0.2, 0.25) is 0 Å². The molecule has 1 aromatic carbocycles. The van der Waals surface area contributed by atoms with Crippen molar-refractivity contribution in [2.75, 3.05) is 0 Å². The maximum absolute atomic E-state index is 10.4. The van der Waals surface area contributed by atoms with Crippen molar-refractivity contribution in [3.63, 3.8) is 0 Å². The zero-order valence-electron chi connectivity index (χ0n) is 7.14. The first-order valence-corrected chi connectivity index (χ1v) is 4.78. The lowest BCUT2D eigenvalue weighted by Gasteiger charge is -2.02.